The summed E-state index contributed by atoms with van der Waals surface area (Å²) in [6.45, 7) is 1.41. The van der Waals surface area contributed by atoms with E-state index >= 15 is 0 Å². The minimum Gasteiger partial charge on any atom is -0.368 e. The average Bonchev–Trinajstić information content (AvgIpc) is 3.16. The Balaban J connectivity index is 1.63. The molecule has 6 nitrogen and oxygen atoms in total. The molecular weight excluding hydrogens is 325 g/mol. The Hall–Kier alpha value is -2.54. The maximum absolute atomic E-state index is 13.1. The number of amides is 1. The van der Waals surface area contributed by atoms with Gasteiger partial charge >= 0.3 is 0 Å². The number of nitrogens with one attached hydrogen (secondary N) is 1. The zero-order valence-electron chi connectivity index (χ0n) is 13.6. The van der Waals surface area contributed by atoms with Crippen molar-refractivity contribution in [3.63, 3.8) is 0 Å². The molecule has 0 aliphatic carbocycles. The van der Waals surface area contributed by atoms with Crippen LogP contribution in [-0.4, -0.2) is 40.0 Å². The van der Waals surface area contributed by atoms with E-state index in [4.69, 9.17) is 4.74 Å². The van der Waals surface area contributed by atoms with Gasteiger partial charge in [-0.2, -0.15) is 0 Å². The molecule has 1 atom stereocenters. The third-order valence-electron chi connectivity index (χ3n) is 4.71. The van der Waals surface area contributed by atoms with Crippen molar-refractivity contribution in [2.45, 2.75) is 31.9 Å². The van der Waals surface area contributed by atoms with Crippen molar-refractivity contribution in [1.29, 1.82) is 0 Å². The number of hydrogen-bond acceptors (Lipinski definition) is 4. The number of carbonyl (C=O) groups excluding carboxylic acids is 1. The predicted octanol–water partition coefficient (Wildman–Crippen LogP) is 1.64. The van der Waals surface area contributed by atoms with Crippen molar-refractivity contribution in [2.75, 3.05) is 13.2 Å². The maximum atomic E-state index is 13.1. The van der Waals surface area contributed by atoms with Gasteiger partial charge in [-0.05, 0) is 43.5 Å². The van der Waals surface area contributed by atoms with E-state index in [0.29, 0.717) is 48.8 Å². The zero-order chi connectivity index (χ0) is 17.4. The molecule has 1 N–H and O–H groups in total. The number of H-pyrrole nitrogens is 1. The van der Waals surface area contributed by atoms with E-state index < -0.39 is 0 Å². The smallest absolute Gasteiger partial charge is 0.254 e. The lowest BCUT2D eigenvalue weighted by atomic mass is 10.0. The second kappa shape index (κ2) is 6.40. The largest absolute Gasteiger partial charge is 0.368 e. The molecule has 1 aromatic carbocycles. The van der Waals surface area contributed by atoms with Crippen LogP contribution in [0, 0.1) is 5.82 Å². The van der Waals surface area contributed by atoms with E-state index in [2.05, 4.69) is 9.97 Å². The van der Waals surface area contributed by atoms with Crippen LogP contribution < -0.4 is 5.56 Å². The Kier molecular flexibility index (Phi) is 4.09. The molecule has 2 aliphatic heterocycles. The summed E-state index contributed by atoms with van der Waals surface area (Å²) in [5, 5.41) is 0. The first-order valence-electron chi connectivity index (χ1n) is 8.40. The third-order valence-corrected chi connectivity index (χ3v) is 4.71. The van der Waals surface area contributed by atoms with Gasteiger partial charge in [-0.1, -0.05) is 0 Å². The molecule has 1 unspecified atom stereocenters. The average molecular weight is 343 g/mol. The predicted molar refractivity (Wildman–Crippen MR) is 88.3 cm³/mol. The minimum atomic E-state index is -0.375. The van der Waals surface area contributed by atoms with Gasteiger partial charge in [0.05, 0.1) is 12.2 Å². The molecular formula is C18H18FN3O3. The van der Waals surface area contributed by atoms with Crippen LogP contribution in [0.3, 0.4) is 0 Å². The molecule has 0 saturated carbocycles. The number of fused-ring (bicyclic) bond motifs is 1. The summed E-state index contributed by atoms with van der Waals surface area (Å²) in [5.41, 5.74) is 1.64. The van der Waals surface area contributed by atoms with Crippen LogP contribution in [0.2, 0.25) is 0 Å². The molecule has 1 saturated heterocycles. The highest BCUT2D eigenvalue weighted by Gasteiger charge is 2.31. The summed E-state index contributed by atoms with van der Waals surface area (Å²) < 4.78 is 18.6. The molecule has 2 aliphatic rings. The van der Waals surface area contributed by atoms with E-state index in [0.717, 1.165) is 12.8 Å². The number of hydrogen-bond donors (Lipinski definition) is 1. The number of rotatable bonds is 2. The fourth-order valence-electron chi connectivity index (χ4n) is 3.35. The van der Waals surface area contributed by atoms with Gasteiger partial charge in [0.1, 0.15) is 17.7 Å². The van der Waals surface area contributed by atoms with Crippen LogP contribution in [0.4, 0.5) is 4.39 Å². The monoisotopic (exact) mass is 343 g/mol. The molecule has 1 fully saturated rings. The van der Waals surface area contributed by atoms with E-state index in [1.807, 2.05) is 0 Å². The lowest BCUT2D eigenvalue weighted by Gasteiger charge is -2.29. The van der Waals surface area contributed by atoms with Gasteiger partial charge in [0.15, 0.2) is 0 Å². The topological polar surface area (TPSA) is 75.3 Å². The second-order valence-corrected chi connectivity index (χ2v) is 6.36. The molecule has 0 bridgehead atoms. The van der Waals surface area contributed by atoms with Crippen molar-refractivity contribution in [3.05, 3.63) is 51.7 Å². The fraction of sp³-hybridized carbons (Fsp3) is 0.389. The molecule has 2 aromatic rings. The Morgan fingerprint density at radius 1 is 1.32 bits per heavy atom. The van der Waals surface area contributed by atoms with Crippen LogP contribution in [-0.2, 0) is 22.5 Å². The van der Waals surface area contributed by atoms with Crippen molar-refractivity contribution in [3.8, 4) is 11.4 Å². The number of ether oxygens (including phenoxy) is 1. The van der Waals surface area contributed by atoms with Gasteiger partial charge in [0.2, 0.25) is 0 Å². The van der Waals surface area contributed by atoms with E-state index in [-0.39, 0.29) is 23.4 Å². The normalized spacial score (nSPS) is 19.7. The molecule has 7 heteroatoms. The van der Waals surface area contributed by atoms with Gasteiger partial charge in [-0.25, -0.2) is 9.37 Å². The minimum absolute atomic E-state index is 0.0337. The summed E-state index contributed by atoms with van der Waals surface area (Å²) in [6, 6.07) is 5.78. The second-order valence-electron chi connectivity index (χ2n) is 6.36. The molecule has 1 aromatic heterocycles. The molecule has 1 amide bonds. The summed E-state index contributed by atoms with van der Waals surface area (Å²) in [5.74, 6) is 0.00104. The first-order chi connectivity index (χ1) is 12.1. The highest BCUT2D eigenvalue weighted by atomic mass is 19.1. The first kappa shape index (κ1) is 16.0. The third kappa shape index (κ3) is 3.07. The first-order valence-corrected chi connectivity index (χ1v) is 8.40. The number of halogens is 1. The van der Waals surface area contributed by atoms with Gasteiger partial charge in [0.25, 0.3) is 11.5 Å². The molecule has 0 radical (unpaired) electrons. The number of nitrogens with zero attached hydrogens (tertiary/aromatic N) is 2. The Labute approximate surface area is 143 Å². The Morgan fingerprint density at radius 2 is 2.12 bits per heavy atom. The summed E-state index contributed by atoms with van der Waals surface area (Å²) in [7, 11) is 0. The number of aromatic nitrogens is 2. The number of benzene rings is 1. The van der Waals surface area contributed by atoms with Gasteiger partial charge < -0.3 is 14.6 Å². The van der Waals surface area contributed by atoms with Crippen molar-refractivity contribution in [2.24, 2.45) is 0 Å². The van der Waals surface area contributed by atoms with Crippen LogP contribution in [0.5, 0.6) is 0 Å². The summed E-state index contributed by atoms with van der Waals surface area (Å²) >= 11 is 0. The highest BCUT2D eigenvalue weighted by Crippen LogP contribution is 2.22. The van der Waals surface area contributed by atoms with Crippen molar-refractivity contribution < 1.29 is 13.9 Å². The van der Waals surface area contributed by atoms with E-state index in [9.17, 15) is 14.0 Å². The van der Waals surface area contributed by atoms with Crippen LogP contribution in [0.1, 0.15) is 24.1 Å². The Morgan fingerprint density at radius 3 is 2.84 bits per heavy atom. The van der Waals surface area contributed by atoms with Crippen LogP contribution >= 0.6 is 0 Å². The number of carbonyl (C=O) groups is 1. The van der Waals surface area contributed by atoms with Crippen molar-refractivity contribution in [1.82, 2.24) is 14.9 Å². The molecule has 0 spiro atoms. The maximum Gasteiger partial charge on any atom is 0.254 e. The van der Waals surface area contributed by atoms with E-state index in [1.54, 1.807) is 17.0 Å². The summed E-state index contributed by atoms with van der Waals surface area (Å²) in [6.07, 6.45) is 1.74. The summed E-state index contributed by atoms with van der Waals surface area (Å²) in [4.78, 5) is 33.9. The molecule has 4 rings (SSSR count). The van der Waals surface area contributed by atoms with Gasteiger partial charge in [-0.15, -0.1) is 0 Å². The molecule has 3 heterocycles. The zero-order valence-corrected chi connectivity index (χ0v) is 13.6. The van der Waals surface area contributed by atoms with Crippen molar-refractivity contribution >= 4 is 5.91 Å². The lowest BCUT2D eigenvalue weighted by Crippen LogP contribution is -2.43. The Bertz CT molecular complexity index is 857. The highest BCUT2D eigenvalue weighted by molar-refractivity contribution is 5.81. The van der Waals surface area contributed by atoms with Gasteiger partial charge in [-0.3, -0.25) is 9.59 Å². The number of aromatic amines is 1. The van der Waals surface area contributed by atoms with Crippen LogP contribution in [0.15, 0.2) is 29.1 Å². The van der Waals surface area contributed by atoms with Crippen LogP contribution in [0.25, 0.3) is 11.4 Å². The molecule has 25 heavy (non-hydrogen) atoms. The SMILES string of the molecule is O=C(C1CCCO1)N1CCc2c(nc(-c3ccc(F)cc3)[nH]c2=O)C1. The fourth-order valence-corrected chi connectivity index (χ4v) is 3.35. The van der Waals surface area contributed by atoms with E-state index in [1.165, 1.54) is 12.1 Å². The standard InChI is InChI=1S/C18H18FN3O3/c19-12-5-3-11(4-6-12)16-20-14-10-22(8-7-13(14)17(23)21-16)18(24)15-2-1-9-25-15/h3-6,15H,1-2,7-10H2,(H,20,21,23). The van der Waals surface area contributed by atoms with Gasteiger partial charge in [0, 0.05) is 24.3 Å². The lowest BCUT2D eigenvalue weighted by molar-refractivity contribution is -0.141. The quantitative estimate of drug-likeness (QED) is 0.899. The molecule has 130 valence electrons.